The number of hydrogen-bond acceptors (Lipinski definition) is 5. The molecule has 0 aliphatic carbocycles. The zero-order chi connectivity index (χ0) is 14.7. The summed E-state index contributed by atoms with van der Waals surface area (Å²) in [4.78, 5) is 4.59. The molecule has 0 aliphatic rings. The van der Waals surface area contributed by atoms with E-state index in [1.54, 1.807) is 4.68 Å². The Hall–Kier alpha value is -2.02. The standard InChI is InChI=1S/C14H14BrN5O/c1-2-11(15)12-8-20(19-17-12)9-13-16-14(21-18-13)10-6-4-3-5-7-10/h3-8,11H,2,9H2,1H3. The number of halogens is 1. The lowest BCUT2D eigenvalue weighted by Gasteiger charge is -1.98. The lowest BCUT2D eigenvalue weighted by atomic mass is 10.2. The van der Waals surface area contributed by atoms with Gasteiger partial charge in [0, 0.05) is 5.56 Å². The molecule has 108 valence electrons. The number of hydrogen-bond donors (Lipinski definition) is 0. The average molecular weight is 348 g/mol. The van der Waals surface area contributed by atoms with Gasteiger partial charge in [-0.1, -0.05) is 51.4 Å². The van der Waals surface area contributed by atoms with E-state index < -0.39 is 0 Å². The molecule has 0 spiro atoms. The summed E-state index contributed by atoms with van der Waals surface area (Å²) < 4.78 is 6.97. The van der Waals surface area contributed by atoms with Crippen LogP contribution in [0.15, 0.2) is 41.1 Å². The van der Waals surface area contributed by atoms with Crippen molar-refractivity contribution in [1.29, 1.82) is 0 Å². The van der Waals surface area contributed by atoms with Crippen molar-refractivity contribution in [3.63, 3.8) is 0 Å². The predicted octanol–water partition coefficient (Wildman–Crippen LogP) is 3.22. The van der Waals surface area contributed by atoms with Crippen LogP contribution in [-0.4, -0.2) is 25.1 Å². The van der Waals surface area contributed by atoms with E-state index in [1.165, 1.54) is 0 Å². The molecule has 0 bridgehead atoms. The Bertz CT molecular complexity index is 709. The van der Waals surface area contributed by atoms with Crippen molar-refractivity contribution in [2.24, 2.45) is 0 Å². The summed E-state index contributed by atoms with van der Waals surface area (Å²) in [5.41, 5.74) is 1.81. The number of nitrogens with zero attached hydrogens (tertiary/aromatic N) is 5. The summed E-state index contributed by atoms with van der Waals surface area (Å²) in [6.07, 6.45) is 2.85. The largest absolute Gasteiger partial charge is 0.334 e. The zero-order valence-electron chi connectivity index (χ0n) is 11.5. The molecule has 3 rings (SSSR count). The smallest absolute Gasteiger partial charge is 0.257 e. The van der Waals surface area contributed by atoms with Crippen molar-refractivity contribution in [2.45, 2.75) is 24.7 Å². The number of benzene rings is 1. The van der Waals surface area contributed by atoms with Crippen molar-refractivity contribution >= 4 is 15.9 Å². The lowest BCUT2D eigenvalue weighted by Crippen LogP contribution is -2.02. The molecule has 2 heterocycles. The van der Waals surface area contributed by atoms with E-state index in [1.807, 2.05) is 36.5 Å². The summed E-state index contributed by atoms with van der Waals surface area (Å²) in [5, 5.41) is 12.2. The van der Waals surface area contributed by atoms with Crippen LogP contribution in [-0.2, 0) is 6.54 Å². The molecule has 0 fully saturated rings. The second kappa shape index (κ2) is 6.17. The van der Waals surface area contributed by atoms with Crippen LogP contribution in [0.25, 0.3) is 11.5 Å². The van der Waals surface area contributed by atoms with Gasteiger partial charge in [-0.15, -0.1) is 5.10 Å². The molecule has 0 aliphatic heterocycles. The molecule has 6 nitrogen and oxygen atoms in total. The molecule has 0 N–H and O–H groups in total. The summed E-state index contributed by atoms with van der Waals surface area (Å²) in [6, 6.07) is 9.68. The highest BCUT2D eigenvalue weighted by Gasteiger charge is 2.12. The normalized spacial score (nSPS) is 12.5. The van der Waals surface area contributed by atoms with Gasteiger partial charge in [0.15, 0.2) is 5.82 Å². The van der Waals surface area contributed by atoms with Crippen molar-refractivity contribution in [1.82, 2.24) is 25.1 Å². The summed E-state index contributed by atoms with van der Waals surface area (Å²) in [5.74, 6) is 1.09. The van der Waals surface area contributed by atoms with Crippen LogP contribution in [0.3, 0.4) is 0 Å². The molecule has 1 atom stereocenters. The minimum atomic E-state index is 0.219. The molecule has 0 saturated heterocycles. The zero-order valence-corrected chi connectivity index (χ0v) is 13.1. The van der Waals surface area contributed by atoms with Gasteiger partial charge in [-0.05, 0) is 18.6 Å². The monoisotopic (exact) mass is 347 g/mol. The van der Waals surface area contributed by atoms with E-state index in [0.29, 0.717) is 18.3 Å². The van der Waals surface area contributed by atoms with E-state index >= 15 is 0 Å². The van der Waals surface area contributed by atoms with E-state index in [9.17, 15) is 0 Å². The van der Waals surface area contributed by atoms with Gasteiger partial charge in [-0.25, -0.2) is 4.68 Å². The number of alkyl halides is 1. The van der Waals surface area contributed by atoms with Gasteiger partial charge in [0.1, 0.15) is 6.54 Å². The molecular weight excluding hydrogens is 334 g/mol. The Morgan fingerprint density at radius 3 is 2.86 bits per heavy atom. The fraction of sp³-hybridized carbons (Fsp3) is 0.286. The van der Waals surface area contributed by atoms with Gasteiger partial charge >= 0.3 is 0 Å². The van der Waals surface area contributed by atoms with E-state index in [-0.39, 0.29) is 4.83 Å². The van der Waals surface area contributed by atoms with Crippen LogP contribution >= 0.6 is 15.9 Å². The van der Waals surface area contributed by atoms with Crippen LogP contribution in [0.2, 0.25) is 0 Å². The quantitative estimate of drug-likeness (QED) is 0.662. The highest BCUT2D eigenvalue weighted by molar-refractivity contribution is 9.09. The molecule has 21 heavy (non-hydrogen) atoms. The van der Waals surface area contributed by atoms with E-state index in [4.69, 9.17) is 4.52 Å². The second-order valence-electron chi connectivity index (χ2n) is 4.60. The first-order valence-electron chi connectivity index (χ1n) is 6.68. The first-order chi connectivity index (χ1) is 10.3. The van der Waals surface area contributed by atoms with Gasteiger partial charge in [-0.2, -0.15) is 4.98 Å². The SMILES string of the molecule is CCC(Br)c1cn(Cc2noc(-c3ccccc3)n2)nn1. The Morgan fingerprint density at radius 2 is 2.10 bits per heavy atom. The highest BCUT2D eigenvalue weighted by atomic mass is 79.9. The first kappa shape index (κ1) is 13.9. The summed E-state index contributed by atoms with van der Waals surface area (Å²) in [7, 11) is 0. The third kappa shape index (κ3) is 3.18. The molecule has 0 saturated carbocycles. The molecule has 7 heteroatoms. The predicted molar refractivity (Wildman–Crippen MR) is 80.8 cm³/mol. The van der Waals surface area contributed by atoms with Gasteiger partial charge in [0.2, 0.25) is 0 Å². The maximum Gasteiger partial charge on any atom is 0.257 e. The van der Waals surface area contributed by atoms with Crippen molar-refractivity contribution in [3.8, 4) is 11.5 Å². The second-order valence-corrected chi connectivity index (χ2v) is 5.70. The Morgan fingerprint density at radius 1 is 1.29 bits per heavy atom. The van der Waals surface area contributed by atoms with Crippen LogP contribution in [0.5, 0.6) is 0 Å². The average Bonchev–Trinajstić information content (AvgIpc) is 3.17. The fourth-order valence-electron chi connectivity index (χ4n) is 1.90. The Kier molecular flexibility index (Phi) is 4.10. The van der Waals surface area contributed by atoms with Crippen molar-refractivity contribution in [2.75, 3.05) is 0 Å². The number of rotatable bonds is 5. The molecule has 1 unspecified atom stereocenters. The first-order valence-corrected chi connectivity index (χ1v) is 7.60. The van der Waals surface area contributed by atoms with Crippen molar-refractivity contribution in [3.05, 3.63) is 48.0 Å². The van der Waals surface area contributed by atoms with Gasteiger partial charge in [0.25, 0.3) is 5.89 Å². The van der Waals surface area contributed by atoms with Gasteiger partial charge in [-0.3, -0.25) is 0 Å². The molecule has 2 aromatic heterocycles. The number of aromatic nitrogens is 5. The Labute approximate surface area is 130 Å². The molecule has 0 radical (unpaired) electrons. The maximum atomic E-state index is 5.27. The van der Waals surface area contributed by atoms with Gasteiger partial charge in [0.05, 0.1) is 16.7 Å². The Balaban J connectivity index is 1.74. The molecule has 1 aromatic carbocycles. The van der Waals surface area contributed by atoms with Crippen LogP contribution in [0.4, 0.5) is 0 Å². The summed E-state index contributed by atoms with van der Waals surface area (Å²) in [6.45, 7) is 2.52. The minimum Gasteiger partial charge on any atom is -0.334 e. The fourth-order valence-corrected chi connectivity index (χ4v) is 2.11. The van der Waals surface area contributed by atoms with Crippen molar-refractivity contribution < 1.29 is 4.52 Å². The molecule has 3 aromatic rings. The highest BCUT2D eigenvalue weighted by Crippen LogP contribution is 2.23. The van der Waals surface area contributed by atoms with Gasteiger partial charge < -0.3 is 4.52 Å². The van der Waals surface area contributed by atoms with Crippen LogP contribution in [0.1, 0.15) is 29.7 Å². The van der Waals surface area contributed by atoms with Crippen LogP contribution < -0.4 is 0 Å². The molecule has 0 amide bonds. The third-order valence-electron chi connectivity index (χ3n) is 3.03. The van der Waals surface area contributed by atoms with E-state index in [0.717, 1.165) is 17.7 Å². The molecular formula is C14H14BrN5O. The topological polar surface area (TPSA) is 69.6 Å². The minimum absolute atomic E-state index is 0.219. The van der Waals surface area contributed by atoms with E-state index in [2.05, 4.69) is 43.3 Å². The maximum absolute atomic E-state index is 5.27. The lowest BCUT2D eigenvalue weighted by molar-refractivity contribution is 0.418. The third-order valence-corrected chi connectivity index (χ3v) is 4.14. The summed E-state index contributed by atoms with van der Waals surface area (Å²) >= 11 is 3.55. The van der Waals surface area contributed by atoms with Crippen LogP contribution in [0, 0.1) is 0 Å².